The summed E-state index contributed by atoms with van der Waals surface area (Å²) in [4.78, 5) is 4.39. The third-order valence-electron chi connectivity index (χ3n) is 3.93. The Morgan fingerprint density at radius 3 is 2.29 bits per heavy atom. The summed E-state index contributed by atoms with van der Waals surface area (Å²) in [5.74, 6) is -0.440. The van der Waals surface area contributed by atoms with Crippen molar-refractivity contribution >= 4 is 51.9 Å². The van der Waals surface area contributed by atoms with Gasteiger partial charge in [0.25, 0.3) is 0 Å². The zero-order valence-corrected chi connectivity index (χ0v) is 15.1. The Hall–Kier alpha value is -1.56. The standard InChI is InChI=1S/C17H16Cl2FN3S/c18-12-1-4-14(5-2-12)22-7-9-23(10-8-22)17(24)21-13-3-6-16(20)15(19)11-13/h1-6,11H,7-10H2,(H,21,24). The van der Waals surface area contributed by atoms with Crippen molar-refractivity contribution in [1.29, 1.82) is 0 Å². The second-order valence-corrected chi connectivity index (χ2v) is 6.74. The molecule has 1 aliphatic heterocycles. The smallest absolute Gasteiger partial charge is 0.173 e. The van der Waals surface area contributed by atoms with Crippen LogP contribution in [0.25, 0.3) is 0 Å². The lowest BCUT2D eigenvalue weighted by Crippen LogP contribution is -2.50. The average molecular weight is 384 g/mol. The van der Waals surface area contributed by atoms with Gasteiger partial charge >= 0.3 is 0 Å². The lowest BCUT2D eigenvalue weighted by molar-refractivity contribution is 0.391. The molecule has 0 aromatic heterocycles. The highest BCUT2D eigenvalue weighted by Crippen LogP contribution is 2.21. The fourth-order valence-corrected chi connectivity index (χ4v) is 3.20. The Bertz CT molecular complexity index is 731. The van der Waals surface area contributed by atoms with E-state index in [2.05, 4.69) is 15.1 Å². The van der Waals surface area contributed by atoms with Crippen molar-refractivity contribution in [2.75, 3.05) is 36.4 Å². The Morgan fingerprint density at radius 2 is 1.67 bits per heavy atom. The van der Waals surface area contributed by atoms with Crippen LogP contribution in [-0.4, -0.2) is 36.2 Å². The number of piperazine rings is 1. The normalized spacial score (nSPS) is 14.6. The van der Waals surface area contributed by atoms with Gasteiger partial charge in [0.2, 0.25) is 0 Å². The Balaban J connectivity index is 1.56. The predicted octanol–water partition coefficient (Wildman–Crippen LogP) is 4.65. The Morgan fingerprint density at radius 1 is 1.00 bits per heavy atom. The second-order valence-electron chi connectivity index (χ2n) is 5.51. The first-order valence-corrected chi connectivity index (χ1v) is 8.71. The van der Waals surface area contributed by atoms with Gasteiger partial charge < -0.3 is 15.1 Å². The first kappa shape index (κ1) is 17.3. The minimum Gasteiger partial charge on any atom is -0.368 e. The molecule has 0 atom stereocenters. The quantitative estimate of drug-likeness (QED) is 0.760. The minimum atomic E-state index is -0.440. The summed E-state index contributed by atoms with van der Waals surface area (Å²) in [6.45, 7) is 3.36. The number of hydrogen-bond acceptors (Lipinski definition) is 2. The maximum atomic E-state index is 13.2. The number of rotatable bonds is 2. The highest BCUT2D eigenvalue weighted by atomic mass is 35.5. The van der Waals surface area contributed by atoms with Crippen LogP contribution in [0.3, 0.4) is 0 Å². The molecule has 0 spiro atoms. The molecular formula is C17H16Cl2FN3S. The molecule has 24 heavy (non-hydrogen) atoms. The number of nitrogens with one attached hydrogen (secondary N) is 1. The third-order valence-corrected chi connectivity index (χ3v) is 4.83. The van der Waals surface area contributed by atoms with E-state index in [9.17, 15) is 4.39 Å². The van der Waals surface area contributed by atoms with Crippen LogP contribution in [0.4, 0.5) is 15.8 Å². The van der Waals surface area contributed by atoms with E-state index in [0.29, 0.717) is 10.8 Å². The molecule has 1 N–H and O–H groups in total. The fourth-order valence-electron chi connectivity index (χ4n) is 2.60. The van der Waals surface area contributed by atoms with Gasteiger partial charge in [-0.3, -0.25) is 0 Å². The molecule has 3 nitrogen and oxygen atoms in total. The second kappa shape index (κ2) is 7.55. The summed E-state index contributed by atoms with van der Waals surface area (Å²) in [6, 6.07) is 12.3. The van der Waals surface area contributed by atoms with Gasteiger partial charge in [-0.2, -0.15) is 0 Å². The molecule has 0 amide bonds. The monoisotopic (exact) mass is 383 g/mol. The molecule has 2 aromatic rings. The molecule has 0 radical (unpaired) electrons. The zero-order chi connectivity index (χ0) is 17.1. The molecule has 0 unspecified atom stereocenters. The van der Waals surface area contributed by atoms with Crippen molar-refractivity contribution in [3.05, 3.63) is 58.3 Å². The number of nitrogens with zero attached hydrogens (tertiary/aromatic N) is 2. The van der Waals surface area contributed by atoms with E-state index >= 15 is 0 Å². The molecule has 0 bridgehead atoms. The summed E-state index contributed by atoms with van der Waals surface area (Å²) >= 11 is 17.2. The lowest BCUT2D eigenvalue weighted by Gasteiger charge is -2.37. The molecule has 0 saturated carbocycles. The highest BCUT2D eigenvalue weighted by Gasteiger charge is 2.19. The Labute approximate surface area is 156 Å². The molecule has 1 fully saturated rings. The summed E-state index contributed by atoms with van der Waals surface area (Å²) in [5, 5.41) is 4.55. The Kier molecular flexibility index (Phi) is 5.43. The van der Waals surface area contributed by atoms with E-state index in [1.54, 1.807) is 6.07 Å². The molecule has 0 aliphatic carbocycles. The first-order chi connectivity index (χ1) is 11.5. The van der Waals surface area contributed by atoms with Crippen molar-refractivity contribution in [2.24, 2.45) is 0 Å². The minimum absolute atomic E-state index is 0.0790. The van der Waals surface area contributed by atoms with Crippen molar-refractivity contribution in [3.8, 4) is 0 Å². The predicted molar refractivity (Wildman–Crippen MR) is 103 cm³/mol. The van der Waals surface area contributed by atoms with E-state index in [4.69, 9.17) is 35.4 Å². The number of hydrogen-bond donors (Lipinski definition) is 1. The van der Waals surface area contributed by atoms with Gasteiger partial charge in [-0.15, -0.1) is 0 Å². The van der Waals surface area contributed by atoms with Gasteiger partial charge in [-0.25, -0.2) is 4.39 Å². The van der Waals surface area contributed by atoms with E-state index in [1.807, 2.05) is 24.3 Å². The van der Waals surface area contributed by atoms with Crippen LogP contribution in [0, 0.1) is 5.82 Å². The van der Waals surface area contributed by atoms with Crippen molar-refractivity contribution < 1.29 is 4.39 Å². The van der Waals surface area contributed by atoms with Gasteiger partial charge in [-0.05, 0) is 54.7 Å². The van der Waals surface area contributed by atoms with E-state index < -0.39 is 5.82 Å². The van der Waals surface area contributed by atoms with Crippen molar-refractivity contribution in [1.82, 2.24) is 4.90 Å². The molecule has 1 aliphatic rings. The van der Waals surface area contributed by atoms with Crippen LogP contribution in [0.2, 0.25) is 10.0 Å². The SMILES string of the molecule is Fc1ccc(NC(=S)N2CCN(c3ccc(Cl)cc3)CC2)cc1Cl. The third kappa shape index (κ3) is 4.09. The number of thiocarbonyl (C=S) groups is 1. The number of halogens is 3. The van der Waals surface area contributed by atoms with Crippen molar-refractivity contribution in [2.45, 2.75) is 0 Å². The molecular weight excluding hydrogens is 368 g/mol. The van der Waals surface area contributed by atoms with E-state index in [-0.39, 0.29) is 5.02 Å². The van der Waals surface area contributed by atoms with Crippen LogP contribution >= 0.6 is 35.4 Å². The molecule has 3 rings (SSSR count). The summed E-state index contributed by atoms with van der Waals surface area (Å²) < 4.78 is 13.2. The van der Waals surface area contributed by atoms with E-state index in [1.165, 1.54) is 12.1 Å². The number of benzene rings is 2. The molecule has 126 valence electrons. The summed E-state index contributed by atoms with van der Waals surface area (Å²) in [6.07, 6.45) is 0. The van der Waals surface area contributed by atoms with Gasteiger partial charge in [0.05, 0.1) is 5.02 Å². The topological polar surface area (TPSA) is 18.5 Å². The van der Waals surface area contributed by atoms with Crippen LogP contribution < -0.4 is 10.2 Å². The first-order valence-electron chi connectivity index (χ1n) is 7.54. The maximum Gasteiger partial charge on any atom is 0.173 e. The summed E-state index contributed by atoms with van der Waals surface area (Å²) in [7, 11) is 0. The van der Waals surface area contributed by atoms with Crippen LogP contribution in [0.15, 0.2) is 42.5 Å². The van der Waals surface area contributed by atoms with Crippen LogP contribution in [-0.2, 0) is 0 Å². The molecule has 1 heterocycles. The summed E-state index contributed by atoms with van der Waals surface area (Å²) in [5.41, 5.74) is 1.84. The van der Waals surface area contributed by atoms with Gasteiger partial charge in [-0.1, -0.05) is 23.2 Å². The van der Waals surface area contributed by atoms with Crippen LogP contribution in [0.1, 0.15) is 0 Å². The zero-order valence-electron chi connectivity index (χ0n) is 12.8. The largest absolute Gasteiger partial charge is 0.368 e. The molecule has 2 aromatic carbocycles. The van der Waals surface area contributed by atoms with E-state index in [0.717, 1.165) is 36.9 Å². The van der Waals surface area contributed by atoms with Crippen molar-refractivity contribution in [3.63, 3.8) is 0 Å². The molecule has 1 saturated heterocycles. The number of anilines is 2. The maximum absolute atomic E-state index is 13.2. The van der Waals surface area contributed by atoms with Gasteiger partial charge in [0.15, 0.2) is 5.11 Å². The van der Waals surface area contributed by atoms with Gasteiger partial charge in [0, 0.05) is 42.6 Å². The molecule has 7 heteroatoms. The highest BCUT2D eigenvalue weighted by molar-refractivity contribution is 7.80. The van der Waals surface area contributed by atoms with Crippen LogP contribution in [0.5, 0.6) is 0 Å². The van der Waals surface area contributed by atoms with Gasteiger partial charge in [0.1, 0.15) is 5.82 Å². The fraction of sp³-hybridized carbons (Fsp3) is 0.235. The average Bonchev–Trinajstić information content (AvgIpc) is 2.59. The lowest BCUT2D eigenvalue weighted by atomic mass is 10.2.